The highest BCUT2D eigenvalue weighted by Gasteiger charge is 2.19. The Kier molecular flexibility index (Phi) is 5.24. The van der Waals surface area contributed by atoms with Gasteiger partial charge in [-0.15, -0.1) is 0 Å². The number of nitrogens with two attached hydrogens (primary N) is 1. The molecule has 0 aliphatic heterocycles. The third kappa shape index (κ3) is 4.10. The molecule has 0 saturated heterocycles. The van der Waals surface area contributed by atoms with Crippen molar-refractivity contribution in [1.29, 1.82) is 0 Å². The second-order valence-electron chi connectivity index (χ2n) is 5.78. The quantitative estimate of drug-likeness (QED) is 0.838. The summed E-state index contributed by atoms with van der Waals surface area (Å²) in [5, 5.41) is 3.21. The van der Waals surface area contributed by atoms with Crippen molar-refractivity contribution < 1.29 is 4.79 Å². The number of aromatic nitrogens is 1. The molecule has 0 bridgehead atoms. The van der Waals surface area contributed by atoms with Crippen molar-refractivity contribution in [2.75, 3.05) is 12.3 Å². The van der Waals surface area contributed by atoms with E-state index in [-0.39, 0.29) is 11.1 Å². The van der Waals surface area contributed by atoms with E-state index in [1.54, 1.807) is 0 Å². The Morgan fingerprint density at radius 2 is 2.35 bits per heavy atom. The molecule has 1 amide bonds. The van der Waals surface area contributed by atoms with Gasteiger partial charge in [-0.2, -0.15) is 0 Å². The first-order chi connectivity index (χ1) is 9.56. The van der Waals surface area contributed by atoms with Crippen LogP contribution in [-0.4, -0.2) is 17.4 Å². The molecule has 1 heterocycles. The molecule has 2 atom stereocenters. The number of halogens is 1. The molecule has 0 aromatic carbocycles. The first-order valence-electron chi connectivity index (χ1n) is 7.25. The number of hydrogen-bond donors (Lipinski definition) is 2. The number of nitrogens with one attached hydrogen (secondary N) is 1. The van der Waals surface area contributed by atoms with E-state index in [0.717, 1.165) is 18.3 Å². The minimum absolute atomic E-state index is 0.171. The highest BCUT2D eigenvalue weighted by Crippen LogP contribution is 2.30. The molecule has 5 heteroatoms. The Morgan fingerprint density at radius 1 is 1.55 bits per heavy atom. The Bertz CT molecular complexity index is 478. The largest absolute Gasteiger partial charge is 0.397 e. The zero-order chi connectivity index (χ0) is 14.5. The zero-order valence-corrected chi connectivity index (χ0v) is 12.6. The van der Waals surface area contributed by atoms with Crippen molar-refractivity contribution >= 4 is 23.2 Å². The van der Waals surface area contributed by atoms with Crippen LogP contribution in [0.25, 0.3) is 0 Å². The number of hydrogen-bond acceptors (Lipinski definition) is 3. The van der Waals surface area contributed by atoms with Gasteiger partial charge in [0.25, 0.3) is 5.91 Å². The summed E-state index contributed by atoms with van der Waals surface area (Å²) in [6.07, 6.45) is 7.67. The van der Waals surface area contributed by atoms with E-state index in [9.17, 15) is 4.79 Å². The SMILES string of the molecule is CC1CCCC(CCNC(=O)c2cc(Cl)ncc2N)C1. The number of nitrogens with zero attached hydrogens (tertiary/aromatic N) is 1. The molecule has 2 rings (SSSR count). The minimum atomic E-state index is -0.171. The van der Waals surface area contributed by atoms with Crippen LogP contribution >= 0.6 is 11.6 Å². The van der Waals surface area contributed by atoms with Crippen molar-refractivity contribution in [3.8, 4) is 0 Å². The van der Waals surface area contributed by atoms with Crippen LogP contribution in [0.15, 0.2) is 12.3 Å². The van der Waals surface area contributed by atoms with Crippen molar-refractivity contribution in [2.45, 2.75) is 39.0 Å². The molecular weight excluding hydrogens is 274 g/mol. The monoisotopic (exact) mass is 295 g/mol. The maximum absolute atomic E-state index is 12.0. The standard InChI is InChI=1S/C15H22ClN3O/c1-10-3-2-4-11(7-10)5-6-18-15(20)12-8-14(16)19-9-13(12)17/h8-11H,2-7,17H2,1H3,(H,18,20). The third-order valence-corrected chi connectivity index (χ3v) is 4.24. The topological polar surface area (TPSA) is 68.0 Å². The molecular formula is C15H22ClN3O. The first kappa shape index (κ1) is 15.1. The molecule has 4 nitrogen and oxygen atoms in total. The second-order valence-corrected chi connectivity index (χ2v) is 6.16. The average Bonchev–Trinajstić information content (AvgIpc) is 2.41. The van der Waals surface area contributed by atoms with Gasteiger partial charge in [-0.1, -0.05) is 37.8 Å². The molecule has 1 aromatic heterocycles. The van der Waals surface area contributed by atoms with Gasteiger partial charge in [0, 0.05) is 6.54 Å². The molecule has 20 heavy (non-hydrogen) atoms. The van der Waals surface area contributed by atoms with Crippen LogP contribution in [0.3, 0.4) is 0 Å². The Hall–Kier alpha value is -1.29. The highest BCUT2D eigenvalue weighted by molar-refractivity contribution is 6.29. The fraction of sp³-hybridized carbons (Fsp3) is 0.600. The van der Waals surface area contributed by atoms with Crippen LogP contribution in [-0.2, 0) is 0 Å². The molecule has 1 aliphatic carbocycles. The number of pyridine rings is 1. The molecule has 3 N–H and O–H groups in total. The van der Waals surface area contributed by atoms with Crippen molar-refractivity contribution in [3.05, 3.63) is 23.0 Å². The van der Waals surface area contributed by atoms with E-state index < -0.39 is 0 Å². The van der Waals surface area contributed by atoms with Crippen molar-refractivity contribution in [1.82, 2.24) is 10.3 Å². The fourth-order valence-corrected chi connectivity index (χ4v) is 3.10. The lowest BCUT2D eigenvalue weighted by Crippen LogP contribution is -2.27. The van der Waals surface area contributed by atoms with Gasteiger partial charge < -0.3 is 11.1 Å². The summed E-state index contributed by atoms with van der Waals surface area (Å²) >= 11 is 5.79. The van der Waals surface area contributed by atoms with Gasteiger partial charge in [-0.25, -0.2) is 4.98 Å². The van der Waals surface area contributed by atoms with Crippen LogP contribution < -0.4 is 11.1 Å². The van der Waals surface area contributed by atoms with Crippen molar-refractivity contribution in [2.24, 2.45) is 11.8 Å². The molecule has 110 valence electrons. The highest BCUT2D eigenvalue weighted by atomic mass is 35.5. The van der Waals surface area contributed by atoms with E-state index in [4.69, 9.17) is 17.3 Å². The number of amides is 1. The summed E-state index contributed by atoms with van der Waals surface area (Å²) in [6.45, 7) is 3.00. The number of rotatable bonds is 4. The van der Waals surface area contributed by atoms with Crippen LogP contribution in [0.4, 0.5) is 5.69 Å². The molecule has 2 unspecified atom stereocenters. The predicted octanol–water partition coefficient (Wildman–Crippen LogP) is 3.26. The lowest BCUT2D eigenvalue weighted by molar-refractivity contribution is 0.0950. The molecule has 1 aliphatic rings. The average molecular weight is 296 g/mol. The molecule has 0 radical (unpaired) electrons. The summed E-state index contributed by atoms with van der Waals surface area (Å²) in [5.74, 6) is 1.38. The van der Waals surface area contributed by atoms with Crippen LogP contribution in [0.1, 0.15) is 49.4 Å². The Labute approximate surface area is 125 Å². The number of nitrogen functional groups attached to an aromatic ring is 1. The normalized spacial score (nSPS) is 22.5. The number of carbonyl (C=O) groups is 1. The zero-order valence-electron chi connectivity index (χ0n) is 11.9. The van der Waals surface area contributed by atoms with Gasteiger partial charge in [0.05, 0.1) is 17.4 Å². The molecule has 1 aromatic rings. The van der Waals surface area contributed by atoms with E-state index >= 15 is 0 Å². The molecule has 1 fully saturated rings. The fourth-order valence-electron chi connectivity index (χ4n) is 2.94. The summed E-state index contributed by atoms with van der Waals surface area (Å²) in [5.41, 5.74) is 6.51. The van der Waals surface area contributed by atoms with Gasteiger partial charge in [0.1, 0.15) is 5.15 Å². The summed E-state index contributed by atoms with van der Waals surface area (Å²) in [6, 6.07) is 1.51. The van der Waals surface area contributed by atoms with Gasteiger partial charge in [-0.3, -0.25) is 4.79 Å². The maximum atomic E-state index is 12.0. The van der Waals surface area contributed by atoms with Crippen LogP contribution in [0.2, 0.25) is 5.15 Å². The van der Waals surface area contributed by atoms with Gasteiger partial charge in [0.15, 0.2) is 0 Å². The summed E-state index contributed by atoms with van der Waals surface area (Å²) in [4.78, 5) is 15.9. The number of carbonyl (C=O) groups excluding carboxylic acids is 1. The lowest BCUT2D eigenvalue weighted by atomic mass is 9.81. The predicted molar refractivity (Wildman–Crippen MR) is 81.7 cm³/mol. The molecule has 1 saturated carbocycles. The van der Waals surface area contributed by atoms with Gasteiger partial charge in [-0.05, 0) is 30.7 Å². The second kappa shape index (κ2) is 6.93. The Morgan fingerprint density at radius 3 is 3.10 bits per heavy atom. The Balaban J connectivity index is 1.81. The number of anilines is 1. The van der Waals surface area contributed by atoms with Crippen LogP contribution in [0.5, 0.6) is 0 Å². The molecule has 0 spiro atoms. The first-order valence-corrected chi connectivity index (χ1v) is 7.63. The maximum Gasteiger partial charge on any atom is 0.253 e. The van der Waals surface area contributed by atoms with Crippen LogP contribution in [0, 0.1) is 11.8 Å². The van der Waals surface area contributed by atoms with Crippen molar-refractivity contribution in [3.63, 3.8) is 0 Å². The van der Waals surface area contributed by atoms with Gasteiger partial charge in [0.2, 0.25) is 0 Å². The lowest BCUT2D eigenvalue weighted by Gasteiger charge is -2.26. The minimum Gasteiger partial charge on any atom is -0.397 e. The smallest absolute Gasteiger partial charge is 0.253 e. The van der Waals surface area contributed by atoms with Gasteiger partial charge >= 0.3 is 0 Å². The third-order valence-electron chi connectivity index (χ3n) is 4.03. The summed E-state index contributed by atoms with van der Waals surface area (Å²) < 4.78 is 0. The van der Waals surface area contributed by atoms with E-state index in [1.165, 1.54) is 37.9 Å². The van der Waals surface area contributed by atoms with E-state index in [2.05, 4.69) is 17.2 Å². The van der Waals surface area contributed by atoms with E-state index in [1.807, 2.05) is 0 Å². The van der Waals surface area contributed by atoms with E-state index in [0.29, 0.717) is 17.8 Å². The summed E-state index contributed by atoms with van der Waals surface area (Å²) in [7, 11) is 0.